The van der Waals surface area contributed by atoms with Gasteiger partial charge in [0, 0.05) is 31.2 Å². The molecule has 10 heteroatoms. The van der Waals surface area contributed by atoms with Crippen molar-refractivity contribution in [2.45, 2.75) is 51.1 Å². The SMILES string of the molecule is CCN1CCCC1CNc1nc(NCC2CCCCN2)nc(Oc2ccc(OC)c(F)c2)n1. The number of anilines is 2. The van der Waals surface area contributed by atoms with Crippen LogP contribution in [0.5, 0.6) is 17.5 Å². The van der Waals surface area contributed by atoms with Crippen LogP contribution in [0.4, 0.5) is 16.3 Å². The van der Waals surface area contributed by atoms with Gasteiger partial charge < -0.3 is 25.4 Å². The number of hydrogen-bond acceptors (Lipinski definition) is 9. The molecule has 0 spiro atoms. The summed E-state index contributed by atoms with van der Waals surface area (Å²) >= 11 is 0. The molecule has 2 aliphatic rings. The molecule has 2 aliphatic heterocycles. The van der Waals surface area contributed by atoms with Crippen molar-refractivity contribution in [3.8, 4) is 17.5 Å². The van der Waals surface area contributed by atoms with E-state index < -0.39 is 5.82 Å². The lowest BCUT2D eigenvalue weighted by atomic mass is 10.1. The van der Waals surface area contributed by atoms with E-state index in [0.29, 0.717) is 36.3 Å². The van der Waals surface area contributed by atoms with Gasteiger partial charge in [0.05, 0.1) is 7.11 Å². The highest BCUT2D eigenvalue weighted by Crippen LogP contribution is 2.26. The quantitative estimate of drug-likeness (QED) is 0.495. The number of nitrogens with one attached hydrogen (secondary N) is 3. The predicted molar refractivity (Wildman–Crippen MR) is 126 cm³/mol. The summed E-state index contributed by atoms with van der Waals surface area (Å²) in [5.74, 6) is 0.807. The lowest BCUT2D eigenvalue weighted by molar-refractivity contribution is 0.276. The zero-order chi connectivity index (χ0) is 23.0. The fraction of sp³-hybridized carbons (Fsp3) is 0.609. The molecule has 2 unspecified atom stereocenters. The van der Waals surface area contributed by atoms with Crippen LogP contribution in [0.25, 0.3) is 0 Å². The fourth-order valence-electron chi connectivity index (χ4n) is 4.44. The molecule has 1 aromatic carbocycles. The molecule has 180 valence electrons. The molecule has 2 atom stereocenters. The lowest BCUT2D eigenvalue weighted by Crippen LogP contribution is -2.39. The Kier molecular flexibility index (Phi) is 8.11. The Morgan fingerprint density at radius 1 is 1.09 bits per heavy atom. The predicted octanol–water partition coefficient (Wildman–Crippen LogP) is 3.26. The van der Waals surface area contributed by atoms with Gasteiger partial charge in [-0.25, -0.2) is 4.39 Å². The summed E-state index contributed by atoms with van der Waals surface area (Å²) in [7, 11) is 1.42. The summed E-state index contributed by atoms with van der Waals surface area (Å²) in [4.78, 5) is 15.8. The molecule has 0 aliphatic carbocycles. The molecule has 0 saturated carbocycles. The monoisotopic (exact) mass is 459 g/mol. The first kappa shape index (κ1) is 23.4. The van der Waals surface area contributed by atoms with Crippen molar-refractivity contribution in [2.24, 2.45) is 0 Å². The molecule has 0 amide bonds. The van der Waals surface area contributed by atoms with Crippen LogP contribution in [0.2, 0.25) is 0 Å². The number of hydrogen-bond donors (Lipinski definition) is 3. The number of piperidine rings is 1. The standard InChI is InChI=1S/C23H34FN7O2/c1-3-31-12-6-8-17(31)15-27-22-28-21(26-14-16-7-4-5-11-25-16)29-23(30-22)33-18-9-10-20(32-2)19(24)13-18/h9-10,13,16-17,25H,3-8,11-12,14-15H2,1-2H3,(H2,26,27,28,29,30). The molecule has 3 heterocycles. The lowest BCUT2D eigenvalue weighted by Gasteiger charge is -2.24. The van der Waals surface area contributed by atoms with E-state index in [1.54, 1.807) is 6.07 Å². The third-order valence-electron chi connectivity index (χ3n) is 6.27. The topological polar surface area (TPSA) is 96.5 Å². The Hall–Kier alpha value is -2.72. The van der Waals surface area contributed by atoms with E-state index in [0.717, 1.165) is 39.0 Å². The zero-order valence-corrected chi connectivity index (χ0v) is 19.4. The molecular weight excluding hydrogens is 425 g/mol. The van der Waals surface area contributed by atoms with Gasteiger partial charge in [-0.15, -0.1) is 0 Å². The third kappa shape index (κ3) is 6.42. The average Bonchev–Trinajstić information content (AvgIpc) is 3.30. The van der Waals surface area contributed by atoms with Crippen LogP contribution < -0.4 is 25.4 Å². The Balaban J connectivity index is 1.48. The van der Waals surface area contributed by atoms with E-state index in [4.69, 9.17) is 9.47 Å². The van der Waals surface area contributed by atoms with E-state index in [-0.39, 0.29) is 11.8 Å². The van der Waals surface area contributed by atoms with Crippen molar-refractivity contribution in [3.63, 3.8) is 0 Å². The summed E-state index contributed by atoms with van der Waals surface area (Å²) in [6.07, 6.45) is 5.90. The van der Waals surface area contributed by atoms with Crippen molar-refractivity contribution < 1.29 is 13.9 Å². The normalized spacial score (nSPS) is 21.1. The maximum Gasteiger partial charge on any atom is 0.328 e. The molecule has 0 radical (unpaired) electrons. The van der Waals surface area contributed by atoms with E-state index in [1.165, 1.54) is 38.5 Å². The van der Waals surface area contributed by atoms with Crippen LogP contribution >= 0.6 is 0 Å². The number of nitrogens with zero attached hydrogens (tertiary/aromatic N) is 4. The second-order valence-electron chi connectivity index (χ2n) is 8.50. The largest absolute Gasteiger partial charge is 0.494 e. The van der Waals surface area contributed by atoms with Crippen LogP contribution in [0.15, 0.2) is 18.2 Å². The first-order valence-electron chi connectivity index (χ1n) is 11.9. The van der Waals surface area contributed by atoms with Crippen LogP contribution in [0, 0.1) is 5.82 Å². The molecular formula is C23H34FN7O2. The van der Waals surface area contributed by atoms with Crippen molar-refractivity contribution in [2.75, 3.05) is 50.5 Å². The molecule has 4 rings (SSSR count). The van der Waals surface area contributed by atoms with Gasteiger partial charge in [-0.3, -0.25) is 4.90 Å². The molecule has 2 fully saturated rings. The van der Waals surface area contributed by atoms with Gasteiger partial charge in [0.15, 0.2) is 11.6 Å². The highest BCUT2D eigenvalue weighted by molar-refractivity contribution is 5.39. The minimum atomic E-state index is -0.509. The molecule has 3 N–H and O–H groups in total. The number of likely N-dealkylation sites (tertiary alicyclic amines) is 1. The van der Waals surface area contributed by atoms with Gasteiger partial charge in [0.1, 0.15) is 5.75 Å². The maximum absolute atomic E-state index is 14.1. The highest BCUT2D eigenvalue weighted by Gasteiger charge is 2.23. The zero-order valence-electron chi connectivity index (χ0n) is 19.4. The third-order valence-corrected chi connectivity index (χ3v) is 6.27. The van der Waals surface area contributed by atoms with Gasteiger partial charge in [0.25, 0.3) is 0 Å². The number of ether oxygens (including phenoxy) is 2. The first-order valence-corrected chi connectivity index (χ1v) is 11.9. The summed E-state index contributed by atoms with van der Waals surface area (Å²) in [5.41, 5.74) is 0. The van der Waals surface area contributed by atoms with Crippen LogP contribution in [0.3, 0.4) is 0 Å². The van der Waals surface area contributed by atoms with E-state index >= 15 is 0 Å². The molecule has 0 bridgehead atoms. The van der Waals surface area contributed by atoms with Crippen LogP contribution in [-0.4, -0.2) is 71.8 Å². The van der Waals surface area contributed by atoms with E-state index in [1.807, 2.05) is 0 Å². The van der Waals surface area contributed by atoms with E-state index in [9.17, 15) is 4.39 Å². The van der Waals surface area contributed by atoms with Gasteiger partial charge in [-0.05, 0) is 57.5 Å². The van der Waals surface area contributed by atoms with Crippen molar-refractivity contribution in [1.29, 1.82) is 0 Å². The van der Waals surface area contributed by atoms with Crippen LogP contribution in [0.1, 0.15) is 39.0 Å². The smallest absolute Gasteiger partial charge is 0.328 e. The second-order valence-corrected chi connectivity index (χ2v) is 8.50. The van der Waals surface area contributed by atoms with Gasteiger partial charge in [-0.2, -0.15) is 15.0 Å². The minimum Gasteiger partial charge on any atom is -0.494 e. The summed E-state index contributed by atoms with van der Waals surface area (Å²) in [5, 5.41) is 10.2. The first-order chi connectivity index (χ1) is 16.1. The number of aromatic nitrogens is 3. The Bertz CT molecular complexity index is 910. The van der Waals surface area contributed by atoms with Crippen molar-refractivity contribution >= 4 is 11.9 Å². The maximum atomic E-state index is 14.1. The highest BCUT2D eigenvalue weighted by atomic mass is 19.1. The van der Waals surface area contributed by atoms with Crippen molar-refractivity contribution in [1.82, 2.24) is 25.2 Å². The van der Waals surface area contributed by atoms with E-state index in [2.05, 4.69) is 42.7 Å². The molecule has 2 aromatic rings. The Morgan fingerprint density at radius 3 is 2.61 bits per heavy atom. The Labute approximate surface area is 194 Å². The number of rotatable bonds is 10. The van der Waals surface area contributed by atoms with Gasteiger partial charge in [-0.1, -0.05) is 13.3 Å². The van der Waals surface area contributed by atoms with Crippen molar-refractivity contribution in [3.05, 3.63) is 24.0 Å². The minimum absolute atomic E-state index is 0.106. The second kappa shape index (κ2) is 11.4. The molecule has 1 aromatic heterocycles. The summed E-state index contributed by atoms with van der Waals surface area (Å²) < 4.78 is 24.9. The molecule has 2 saturated heterocycles. The molecule has 9 nitrogen and oxygen atoms in total. The summed E-state index contributed by atoms with van der Waals surface area (Å²) in [6, 6.07) is 5.33. The average molecular weight is 460 g/mol. The van der Waals surface area contributed by atoms with Gasteiger partial charge >= 0.3 is 6.01 Å². The summed E-state index contributed by atoms with van der Waals surface area (Å²) in [6.45, 7) is 6.83. The van der Waals surface area contributed by atoms with Gasteiger partial charge in [0.2, 0.25) is 11.9 Å². The number of halogens is 1. The number of benzene rings is 1. The van der Waals surface area contributed by atoms with Crippen LogP contribution in [-0.2, 0) is 0 Å². The molecule has 33 heavy (non-hydrogen) atoms. The Morgan fingerprint density at radius 2 is 1.91 bits per heavy atom. The fourth-order valence-corrected chi connectivity index (χ4v) is 4.44. The number of methoxy groups -OCH3 is 1. The number of likely N-dealkylation sites (N-methyl/N-ethyl adjacent to an activating group) is 1.